The molecule has 1 amide bonds. The van der Waals surface area contributed by atoms with Crippen molar-refractivity contribution in [2.45, 2.75) is 44.9 Å². The van der Waals surface area contributed by atoms with E-state index < -0.39 is 0 Å². The molecular formula is C20H25N3OS. The van der Waals surface area contributed by atoms with Gasteiger partial charge < -0.3 is 10.2 Å². The number of aryl methyl sites for hydroxylation is 3. The van der Waals surface area contributed by atoms with Crippen LogP contribution in [0.1, 0.15) is 40.4 Å². The van der Waals surface area contributed by atoms with Gasteiger partial charge in [-0.05, 0) is 43.7 Å². The van der Waals surface area contributed by atoms with Crippen molar-refractivity contribution in [1.29, 1.82) is 0 Å². The molecule has 1 N–H and O–H groups in total. The van der Waals surface area contributed by atoms with Gasteiger partial charge in [0.2, 0.25) is 5.91 Å². The maximum absolute atomic E-state index is 12.6. The topological polar surface area (TPSA) is 45.2 Å². The Morgan fingerprint density at radius 1 is 1.16 bits per heavy atom. The van der Waals surface area contributed by atoms with Crippen molar-refractivity contribution < 1.29 is 4.79 Å². The van der Waals surface area contributed by atoms with E-state index in [-0.39, 0.29) is 5.91 Å². The summed E-state index contributed by atoms with van der Waals surface area (Å²) in [5.41, 5.74) is 3.74. The number of para-hydroxylation sites is 1. The molecule has 1 aliphatic heterocycles. The quantitative estimate of drug-likeness (QED) is 0.810. The highest BCUT2D eigenvalue weighted by atomic mass is 32.1. The lowest BCUT2D eigenvalue weighted by Crippen LogP contribution is -2.37. The highest BCUT2D eigenvalue weighted by molar-refractivity contribution is 7.11. The number of anilines is 1. The highest BCUT2D eigenvalue weighted by Gasteiger charge is 2.21. The average molecular weight is 356 g/mol. The van der Waals surface area contributed by atoms with Gasteiger partial charge in [0.05, 0.1) is 10.7 Å². The predicted molar refractivity (Wildman–Crippen MR) is 102 cm³/mol. The number of hydrogen-bond donors (Lipinski definition) is 1. The van der Waals surface area contributed by atoms with Gasteiger partial charge in [-0.1, -0.05) is 18.2 Å². The SMILES string of the molecule is O=C(CCNCCc1nc2c(s1)CCC2)N1CCCc2ccccc21. The first-order valence-electron chi connectivity index (χ1n) is 9.38. The van der Waals surface area contributed by atoms with Crippen LogP contribution >= 0.6 is 11.3 Å². The van der Waals surface area contributed by atoms with Crippen LogP contribution in [-0.4, -0.2) is 30.5 Å². The lowest BCUT2D eigenvalue weighted by Gasteiger charge is -2.29. The number of hydrogen-bond acceptors (Lipinski definition) is 4. The first-order valence-corrected chi connectivity index (χ1v) is 10.2. The first-order chi connectivity index (χ1) is 12.3. The number of amides is 1. The Bertz CT molecular complexity index is 734. The molecule has 2 aliphatic rings. The van der Waals surface area contributed by atoms with Gasteiger partial charge >= 0.3 is 0 Å². The molecule has 1 aliphatic carbocycles. The maximum Gasteiger partial charge on any atom is 0.228 e. The van der Waals surface area contributed by atoms with Crippen LogP contribution in [0, 0.1) is 0 Å². The van der Waals surface area contributed by atoms with Gasteiger partial charge in [-0.3, -0.25) is 4.79 Å². The minimum atomic E-state index is 0.230. The molecule has 0 fully saturated rings. The molecule has 25 heavy (non-hydrogen) atoms. The molecule has 0 bridgehead atoms. The molecule has 1 aromatic carbocycles. The fourth-order valence-electron chi connectivity index (χ4n) is 3.79. The molecular weight excluding hydrogens is 330 g/mol. The van der Waals surface area contributed by atoms with Gasteiger partial charge in [-0.15, -0.1) is 11.3 Å². The third-order valence-corrected chi connectivity index (χ3v) is 6.30. The van der Waals surface area contributed by atoms with Gasteiger partial charge in [0.15, 0.2) is 0 Å². The zero-order chi connectivity index (χ0) is 17.1. The third-order valence-electron chi connectivity index (χ3n) is 5.08. The van der Waals surface area contributed by atoms with Crippen molar-refractivity contribution >= 4 is 22.9 Å². The summed E-state index contributed by atoms with van der Waals surface area (Å²) in [5, 5.41) is 4.66. The Morgan fingerprint density at radius 3 is 3.00 bits per heavy atom. The largest absolute Gasteiger partial charge is 0.316 e. The molecule has 0 saturated carbocycles. The van der Waals surface area contributed by atoms with Gasteiger partial charge in [0.25, 0.3) is 0 Å². The zero-order valence-corrected chi connectivity index (χ0v) is 15.4. The van der Waals surface area contributed by atoms with E-state index >= 15 is 0 Å². The highest BCUT2D eigenvalue weighted by Crippen LogP contribution is 2.28. The monoisotopic (exact) mass is 355 g/mol. The fourth-order valence-corrected chi connectivity index (χ4v) is 4.95. The number of benzene rings is 1. The van der Waals surface area contributed by atoms with Crippen molar-refractivity contribution in [2.75, 3.05) is 24.5 Å². The summed E-state index contributed by atoms with van der Waals surface area (Å²) in [6.45, 7) is 2.49. The summed E-state index contributed by atoms with van der Waals surface area (Å²) in [6, 6.07) is 8.29. The molecule has 4 rings (SSSR count). The summed E-state index contributed by atoms with van der Waals surface area (Å²) in [7, 11) is 0. The second-order valence-corrected chi connectivity index (χ2v) is 8.03. The summed E-state index contributed by atoms with van der Waals surface area (Å²) in [5.74, 6) is 0.230. The Balaban J connectivity index is 1.22. The summed E-state index contributed by atoms with van der Waals surface area (Å²) >= 11 is 1.88. The van der Waals surface area contributed by atoms with Crippen LogP contribution in [0.5, 0.6) is 0 Å². The van der Waals surface area contributed by atoms with E-state index in [0.717, 1.165) is 51.0 Å². The minimum absolute atomic E-state index is 0.230. The smallest absolute Gasteiger partial charge is 0.228 e. The van der Waals surface area contributed by atoms with Gasteiger partial charge in [0.1, 0.15) is 0 Å². The molecule has 5 heteroatoms. The van der Waals surface area contributed by atoms with E-state index in [4.69, 9.17) is 4.98 Å². The number of rotatable bonds is 6. The second kappa shape index (κ2) is 7.67. The van der Waals surface area contributed by atoms with Crippen LogP contribution < -0.4 is 10.2 Å². The Hall–Kier alpha value is -1.72. The van der Waals surface area contributed by atoms with E-state index in [1.807, 2.05) is 22.3 Å². The van der Waals surface area contributed by atoms with Crippen LogP contribution in [-0.2, 0) is 30.5 Å². The van der Waals surface area contributed by atoms with Gasteiger partial charge in [-0.2, -0.15) is 0 Å². The predicted octanol–water partition coefficient (Wildman–Crippen LogP) is 3.13. The maximum atomic E-state index is 12.6. The number of nitrogens with one attached hydrogen (secondary N) is 1. The van der Waals surface area contributed by atoms with E-state index in [1.54, 1.807) is 0 Å². The number of carbonyl (C=O) groups is 1. The summed E-state index contributed by atoms with van der Waals surface area (Å²) in [4.78, 5) is 20.7. The molecule has 0 spiro atoms. The van der Waals surface area contributed by atoms with Crippen molar-refractivity contribution in [1.82, 2.24) is 10.3 Å². The number of nitrogens with zero attached hydrogens (tertiary/aromatic N) is 2. The van der Waals surface area contributed by atoms with Gasteiger partial charge in [0, 0.05) is 43.0 Å². The Labute approximate surface area is 153 Å². The van der Waals surface area contributed by atoms with E-state index in [9.17, 15) is 4.79 Å². The lowest BCUT2D eigenvalue weighted by molar-refractivity contribution is -0.118. The number of thiazole rings is 1. The first kappa shape index (κ1) is 16.7. The molecule has 0 atom stereocenters. The van der Waals surface area contributed by atoms with E-state index in [2.05, 4.69) is 23.5 Å². The number of fused-ring (bicyclic) bond motifs is 2. The van der Waals surface area contributed by atoms with Crippen molar-refractivity contribution in [2.24, 2.45) is 0 Å². The second-order valence-electron chi connectivity index (χ2n) is 6.86. The summed E-state index contributed by atoms with van der Waals surface area (Å²) in [6.07, 6.45) is 7.31. The number of carbonyl (C=O) groups excluding carboxylic acids is 1. The van der Waals surface area contributed by atoms with Crippen LogP contribution in [0.4, 0.5) is 5.69 Å². The van der Waals surface area contributed by atoms with Crippen LogP contribution in [0.2, 0.25) is 0 Å². The minimum Gasteiger partial charge on any atom is -0.316 e. The third kappa shape index (κ3) is 3.77. The summed E-state index contributed by atoms with van der Waals surface area (Å²) < 4.78 is 0. The molecule has 0 unspecified atom stereocenters. The zero-order valence-electron chi connectivity index (χ0n) is 14.6. The standard InChI is InChI=1S/C20H25N3OS/c24-20(23-14-4-6-15-5-1-2-8-17(15)23)11-13-21-12-10-19-22-16-7-3-9-18(16)25-19/h1-2,5,8,21H,3-4,6-7,9-14H2. The molecule has 2 aromatic rings. The van der Waals surface area contributed by atoms with Crippen LogP contribution in [0.3, 0.4) is 0 Å². The Morgan fingerprint density at radius 2 is 2.08 bits per heavy atom. The molecule has 2 heterocycles. The fraction of sp³-hybridized carbons (Fsp3) is 0.500. The molecule has 4 nitrogen and oxygen atoms in total. The van der Waals surface area contributed by atoms with Crippen LogP contribution in [0.25, 0.3) is 0 Å². The van der Waals surface area contributed by atoms with Gasteiger partial charge in [-0.25, -0.2) is 4.98 Å². The van der Waals surface area contributed by atoms with Crippen molar-refractivity contribution in [3.63, 3.8) is 0 Å². The van der Waals surface area contributed by atoms with Crippen molar-refractivity contribution in [3.05, 3.63) is 45.4 Å². The Kier molecular flexibility index (Phi) is 5.13. The molecule has 0 radical (unpaired) electrons. The lowest BCUT2D eigenvalue weighted by atomic mass is 10.0. The van der Waals surface area contributed by atoms with E-state index in [1.165, 1.54) is 34.0 Å². The van der Waals surface area contributed by atoms with E-state index in [0.29, 0.717) is 6.42 Å². The number of aromatic nitrogens is 1. The molecule has 132 valence electrons. The average Bonchev–Trinajstić information content (AvgIpc) is 3.22. The van der Waals surface area contributed by atoms with Crippen molar-refractivity contribution in [3.8, 4) is 0 Å². The normalized spacial score (nSPS) is 15.9. The molecule has 1 aromatic heterocycles. The molecule has 0 saturated heterocycles. The van der Waals surface area contributed by atoms with Crippen LogP contribution in [0.15, 0.2) is 24.3 Å².